The van der Waals surface area contributed by atoms with E-state index < -0.39 is 0 Å². The van der Waals surface area contributed by atoms with Crippen molar-refractivity contribution < 1.29 is 4.42 Å². The Morgan fingerprint density at radius 3 is 2.26 bits per heavy atom. The van der Waals surface area contributed by atoms with E-state index in [4.69, 9.17) is 9.40 Å². The summed E-state index contributed by atoms with van der Waals surface area (Å²) in [6.45, 7) is 9.34. The first kappa shape index (κ1) is 21.4. The molecule has 6 aromatic rings. The van der Waals surface area contributed by atoms with Crippen LogP contribution in [0.2, 0.25) is 0 Å². The first-order chi connectivity index (χ1) is 16.3. The Morgan fingerprint density at radius 2 is 1.41 bits per heavy atom. The van der Waals surface area contributed by atoms with Gasteiger partial charge in [-0.15, -0.1) is 11.3 Å². The Kier molecular flexibility index (Phi) is 4.82. The van der Waals surface area contributed by atoms with E-state index in [0.717, 1.165) is 40.5 Å². The molecule has 0 atom stereocenters. The van der Waals surface area contributed by atoms with Gasteiger partial charge in [0.25, 0.3) is 0 Å². The Bertz CT molecular complexity index is 1670. The maximum Gasteiger partial charge on any atom is 0.157 e. The van der Waals surface area contributed by atoms with Gasteiger partial charge in [-0.2, -0.15) is 0 Å². The summed E-state index contributed by atoms with van der Waals surface area (Å²) >= 11 is 1.88. The summed E-state index contributed by atoms with van der Waals surface area (Å²) in [7, 11) is 0. The van der Waals surface area contributed by atoms with Crippen molar-refractivity contribution in [3.8, 4) is 0 Å². The first-order valence-corrected chi connectivity index (χ1v) is 12.8. The highest BCUT2D eigenvalue weighted by molar-refractivity contribution is 7.25. The molecular formula is C31H29NOS. The van der Waals surface area contributed by atoms with E-state index in [1.165, 1.54) is 25.7 Å². The molecule has 0 aliphatic heterocycles. The molecule has 0 aliphatic rings. The van der Waals surface area contributed by atoms with Crippen LogP contribution in [0.4, 0.5) is 0 Å². The smallest absolute Gasteiger partial charge is 0.157 e. The van der Waals surface area contributed by atoms with Crippen LogP contribution in [0.15, 0.2) is 83.4 Å². The van der Waals surface area contributed by atoms with Crippen LogP contribution < -0.4 is 0 Å². The van der Waals surface area contributed by atoms with Crippen molar-refractivity contribution in [2.24, 2.45) is 0 Å². The molecule has 3 aromatic heterocycles. The number of nitrogens with zero attached hydrogens (tertiary/aromatic N) is 1. The lowest BCUT2D eigenvalue weighted by molar-refractivity contribution is 0.368. The number of hydrogen-bond donors (Lipinski definition) is 0. The van der Waals surface area contributed by atoms with Crippen LogP contribution in [0.1, 0.15) is 51.8 Å². The molecular weight excluding hydrogens is 434 g/mol. The second-order valence-electron chi connectivity index (χ2n) is 10.7. The van der Waals surface area contributed by atoms with Crippen molar-refractivity contribution in [3.05, 3.63) is 90.3 Å². The molecule has 0 spiro atoms. The number of thiophene rings is 1. The Balaban J connectivity index is 1.33. The summed E-state index contributed by atoms with van der Waals surface area (Å²) in [6, 6.07) is 26.1. The van der Waals surface area contributed by atoms with Gasteiger partial charge in [-0.1, -0.05) is 70.2 Å². The van der Waals surface area contributed by atoms with Crippen LogP contribution in [-0.4, -0.2) is 4.98 Å². The number of rotatable bonds is 5. The minimum Gasteiger partial charge on any atom is -0.454 e. The maximum absolute atomic E-state index is 6.31. The Hall–Kier alpha value is -3.17. The van der Waals surface area contributed by atoms with E-state index in [9.17, 15) is 0 Å². The summed E-state index contributed by atoms with van der Waals surface area (Å²) in [5.41, 5.74) is 4.25. The quantitative estimate of drug-likeness (QED) is 0.254. The van der Waals surface area contributed by atoms with E-state index in [1.54, 1.807) is 0 Å². The van der Waals surface area contributed by atoms with Crippen LogP contribution in [0.3, 0.4) is 0 Å². The van der Waals surface area contributed by atoms with Gasteiger partial charge in [0.1, 0.15) is 5.58 Å². The zero-order valence-corrected chi connectivity index (χ0v) is 21.0. The molecule has 34 heavy (non-hydrogen) atoms. The van der Waals surface area contributed by atoms with Crippen LogP contribution in [0, 0.1) is 0 Å². The largest absolute Gasteiger partial charge is 0.454 e. The lowest BCUT2D eigenvalue weighted by Crippen LogP contribution is -2.25. The summed E-state index contributed by atoms with van der Waals surface area (Å²) in [5.74, 6) is 0. The fourth-order valence-electron chi connectivity index (χ4n) is 5.17. The third-order valence-electron chi connectivity index (χ3n) is 7.47. The second kappa shape index (κ2) is 7.68. The molecule has 0 saturated carbocycles. The van der Waals surface area contributed by atoms with Crippen molar-refractivity contribution in [1.82, 2.24) is 4.98 Å². The SMILES string of the molecule is CC(C)(CCC(C)(C)c1nccc2c1oc1ccccc12)c1ccc2sc3ccccc3c2c1. The van der Waals surface area contributed by atoms with E-state index in [2.05, 4.69) is 88.4 Å². The molecule has 0 N–H and O–H groups in total. The highest BCUT2D eigenvalue weighted by Crippen LogP contribution is 2.41. The predicted octanol–water partition coefficient (Wildman–Crippen LogP) is 9.38. The summed E-state index contributed by atoms with van der Waals surface area (Å²) in [4.78, 5) is 4.82. The standard InChI is InChI=1S/C31H29NOS/c1-30(2,20-13-14-27-24(19-20)22-10-6-8-12-26(22)34-27)16-17-31(3,4)29-28-23(15-18-32-29)21-9-5-7-11-25(21)33-28/h5-15,18-19H,16-17H2,1-4H3. The molecule has 0 radical (unpaired) electrons. The average Bonchev–Trinajstić information content (AvgIpc) is 3.40. The topological polar surface area (TPSA) is 26.0 Å². The Labute approximate surface area is 204 Å². The van der Waals surface area contributed by atoms with Crippen LogP contribution in [-0.2, 0) is 10.8 Å². The number of hydrogen-bond acceptors (Lipinski definition) is 3. The average molecular weight is 464 g/mol. The van der Waals surface area contributed by atoms with E-state index >= 15 is 0 Å². The molecule has 0 amide bonds. The van der Waals surface area contributed by atoms with Gasteiger partial charge in [0.05, 0.1) is 5.69 Å². The normalized spacial score (nSPS) is 12.9. The molecule has 6 rings (SSSR count). The molecule has 170 valence electrons. The maximum atomic E-state index is 6.31. The van der Waals surface area contributed by atoms with Crippen LogP contribution >= 0.6 is 11.3 Å². The summed E-state index contributed by atoms with van der Waals surface area (Å²) < 4.78 is 9.03. The highest BCUT2D eigenvalue weighted by atomic mass is 32.1. The molecule has 0 fully saturated rings. The Morgan fingerprint density at radius 1 is 0.706 bits per heavy atom. The molecule has 2 nitrogen and oxygen atoms in total. The lowest BCUT2D eigenvalue weighted by atomic mass is 9.73. The zero-order chi connectivity index (χ0) is 23.5. The van der Waals surface area contributed by atoms with Gasteiger partial charge in [-0.3, -0.25) is 4.98 Å². The lowest BCUT2D eigenvalue weighted by Gasteiger charge is -2.31. The monoisotopic (exact) mass is 463 g/mol. The van der Waals surface area contributed by atoms with Crippen molar-refractivity contribution in [2.75, 3.05) is 0 Å². The van der Waals surface area contributed by atoms with Gasteiger partial charge in [0, 0.05) is 42.6 Å². The van der Waals surface area contributed by atoms with Crippen molar-refractivity contribution in [2.45, 2.75) is 51.4 Å². The number of benzene rings is 3. The molecule has 0 bridgehead atoms. The van der Waals surface area contributed by atoms with Gasteiger partial charge in [-0.05, 0) is 54.2 Å². The fourth-order valence-corrected chi connectivity index (χ4v) is 6.26. The number of pyridine rings is 1. The van der Waals surface area contributed by atoms with Gasteiger partial charge >= 0.3 is 0 Å². The minimum absolute atomic E-state index is 0.0519. The van der Waals surface area contributed by atoms with Crippen molar-refractivity contribution in [3.63, 3.8) is 0 Å². The van der Waals surface area contributed by atoms with E-state index in [-0.39, 0.29) is 10.8 Å². The molecule has 0 unspecified atom stereocenters. The van der Waals surface area contributed by atoms with Gasteiger partial charge in [0.2, 0.25) is 0 Å². The van der Waals surface area contributed by atoms with Crippen LogP contribution in [0.5, 0.6) is 0 Å². The van der Waals surface area contributed by atoms with Crippen LogP contribution in [0.25, 0.3) is 42.1 Å². The molecule has 0 aliphatic carbocycles. The van der Waals surface area contributed by atoms with Gasteiger partial charge < -0.3 is 4.42 Å². The first-order valence-electron chi connectivity index (χ1n) is 12.0. The molecule has 3 heterocycles. The third kappa shape index (κ3) is 3.42. The van der Waals surface area contributed by atoms with E-state index in [0.29, 0.717) is 0 Å². The van der Waals surface area contributed by atoms with Crippen molar-refractivity contribution >= 4 is 53.4 Å². The van der Waals surface area contributed by atoms with Gasteiger partial charge in [0.15, 0.2) is 5.58 Å². The molecule has 3 aromatic carbocycles. The number of fused-ring (bicyclic) bond motifs is 6. The predicted molar refractivity (Wildman–Crippen MR) is 146 cm³/mol. The molecule has 3 heteroatoms. The highest BCUT2D eigenvalue weighted by Gasteiger charge is 2.31. The summed E-state index contributed by atoms with van der Waals surface area (Å²) in [5, 5.41) is 5.05. The van der Waals surface area contributed by atoms with Gasteiger partial charge in [-0.25, -0.2) is 0 Å². The third-order valence-corrected chi connectivity index (χ3v) is 8.62. The number of para-hydroxylation sites is 1. The van der Waals surface area contributed by atoms with Crippen molar-refractivity contribution in [1.29, 1.82) is 0 Å². The second-order valence-corrected chi connectivity index (χ2v) is 11.8. The summed E-state index contributed by atoms with van der Waals surface area (Å²) in [6.07, 6.45) is 4.01. The fraction of sp³-hybridized carbons (Fsp3) is 0.258. The number of furan rings is 1. The molecule has 0 saturated heterocycles. The zero-order valence-electron chi connectivity index (χ0n) is 20.2. The van der Waals surface area contributed by atoms with E-state index in [1.807, 2.05) is 29.7 Å². The number of aromatic nitrogens is 1. The minimum atomic E-state index is -0.107.